The van der Waals surface area contributed by atoms with E-state index in [1.807, 2.05) is 42.6 Å². The molecule has 2 aliphatic heterocycles. The van der Waals surface area contributed by atoms with E-state index in [1.165, 1.54) is 17.2 Å². The minimum absolute atomic E-state index is 0.0501. The average molecular weight is 1110 g/mol. The van der Waals surface area contributed by atoms with Gasteiger partial charge in [0.05, 0.1) is 24.5 Å². The van der Waals surface area contributed by atoms with Crippen LogP contribution in [-0.2, 0) is 24.4 Å². The Morgan fingerprint density at radius 2 is 1.23 bits per heavy atom. The molecule has 1 amide bonds. The highest BCUT2D eigenvalue weighted by Crippen LogP contribution is 2.38. The van der Waals surface area contributed by atoms with Crippen LogP contribution in [0.15, 0.2) is 122 Å². The number of nitrogens with zero attached hydrogens (tertiary/aromatic N) is 11. The fourth-order valence-corrected chi connectivity index (χ4v) is 9.89. The van der Waals surface area contributed by atoms with Crippen LogP contribution in [-0.4, -0.2) is 178 Å². The van der Waals surface area contributed by atoms with Gasteiger partial charge in [0.25, 0.3) is 5.91 Å². The topological polar surface area (TPSA) is 203 Å². The third kappa shape index (κ3) is 14.1. The smallest absolute Gasteiger partial charge is 0.253 e. The number of hydrogen-bond donors (Lipinski definition) is 4. The number of anilines is 4. The van der Waals surface area contributed by atoms with E-state index >= 15 is 4.39 Å². The molecular weight excluding hydrogens is 1040 g/mol. The van der Waals surface area contributed by atoms with Crippen LogP contribution in [0, 0.1) is 5.82 Å². The molecular formula is C61H70FN15O5. The first kappa shape index (κ1) is 56.7. The van der Waals surface area contributed by atoms with Gasteiger partial charge in [0.15, 0.2) is 5.82 Å². The molecule has 2 saturated heterocycles. The zero-order valence-corrected chi connectivity index (χ0v) is 47.3. The molecule has 7 heterocycles. The first-order valence-electron chi connectivity index (χ1n) is 27.5. The molecule has 21 heteroatoms. The fourth-order valence-electron chi connectivity index (χ4n) is 9.89. The van der Waals surface area contributed by atoms with Crippen molar-refractivity contribution in [2.24, 2.45) is 0 Å². The monoisotopic (exact) mass is 1110 g/mol. The van der Waals surface area contributed by atoms with E-state index in [0.29, 0.717) is 75.2 Å². The molecule has 0 radical (unpaired) electrons. The first-order valence-corrected chi connectivity index (χ1v) is 27.5. The molecule has 4 aromatic carbocycles. The van der Waals surface area contributed by atoms with Crippen LogP contribution in [0.3, 0.4) is 0 Å². The lowest BCUT2D eigenvalue weighted by Crippen LogP contribution is -2.45. The summed E-state index contributed by atoms with van der Waals surface area (Å²) in [6, 6.07) is 30.7. The van der Waals surface area contributed by atoms with E-state index in [-0.39, 0.29) is 19.1 Å². The highest BCUT2D eigenvalue weighted by molar-refractivity contribution is 6.01. The third-order valence-corrected chi connectivity index (χ3v) is 14.5. The van der Waals surface area contributed by atoms with E-state index in [9.17, 15) is 4.79 Å². The van der Waals surface area contributed by atoms with Gasteiger partial charge in [0.1, 0.15) is 36.1 Å². The Hall–Kier alpha value is -8.60. The largest absolute Gasteiger partial charge is 0.486 e. The Balaban J connectivity index is 0.000000187. The molecule has 2 fully saturated rings. The van der Waals surface area contributed by atoms with Gasteiger partial charge in [-0.3, -0.25) is 14.6 Å². The summed E-state index contributed by atoms with van der Waals surface area (Å²) in [5.41, 5.74) is 8.78. The molecule has 0 saturated carbocycles. The van der Waals surface area contributed by atoms with Crippen molar-refractivity contribution in [2.75, 3.05) is 118 Å². The molecule has 11 rings (SSSR count). The fraction of sp³-hybridized carbons (Fsp3) is 0.328. The van der Waals surface area contributed by atoms with Gasteiger partial charge in [-0.1, -0.05) is 43.3 Å². The summed E-state index contributed by atoms with van der Waals surface area (Å²) in [4.78, 5) is 57.2. The van der Waals surface area contributed by atoms with Gasteiger partial charge in [-0.2, -0.15) is 19.9 Å². The summed E-state index contributed by atoms with van der Waals surface area (Å²) in [6.07, 6.45) is 6.85. The molecule has 0 spiro atoms. The number of methoxy groups -OCH3 is 2. The molecule has 0 bridgehead atoms. The van der Waals surface area contributed by atoms with E-state index in [2.05, 4.69) is 120 Å². The van der Waals surface area contributed by atoms with Crippen molar-refractivity contribution in [3.05, 3.63) is 150 Å². The van der Waals surface area contributed by atoms with Crippen molar-refractivity contribution in [1.82, 2.24) is 64.4 Å². The van der Waals surface area contributed by atoms with E-state index < -0.39 is 5.82 Å². The van der Waals surface area contributed by atoms with Crippen LogP contribution in [0.2, 0.25) is 0 Å². The molecule has 4 N–H and O–H groups in total. The predicted molar refractivity (Wildman–Crippen MR) is 317 cm³/mol. The van der Waals surface area contributed by atoms with Crippen molar-refractivity contribution < 1.29 is 28.1 Å². The first-order chi connectivity index (χ1) is 40.0. The van der Waals surface area contributed by atoms with Gasteiger partial charge in [0.2, 0.25) is 23.7 Å². The van der Waals surface area contributed by atoms with Crippen molar-refractivity contribution in [1.29, 1.82) is 0 Å². The number of halogens is 1. The molecule has 9 aromatic rings. The number of benzene rings is 4. The van der Waals surface area contributed by atoms with Crippen LogP contribution in [0.1, 0.15) is 34.2 Å². The van der Waals surface area contributed by atoms with E-state index in [0.717, 1.165) is 99.9 Å². The number of rotatable bonds is 20. The lowest BCUT2D eigenvalue weighted by Gasteiger charge is -2.34. The van der Waals surface area contributed by atoms with E-state index in [4.69, 9.17) is 18.9 Å². The van der Waals surface area contributed by atoms with E-state index in [1.54, 1.807) is 70.0 Å². The third-order valence-electron chi connectivity index (χ3n) is 14.5. The van der Waals surface area contributed by atoms with Crippen molar-refractivity contribution in [3.63, 3.8) is 0 Å². The van der Waals surface area contributed by atoms with Crippen molar-refractivity contribution in [2.45, 2.75) is 26.6 Å². The van der Waals surface area contributed by atoms with Crippen LogP contribution in [0.25, 0.3) is 44.3 Å². The average Bonchev–Trinajstić information content (AvgIpc) is 4.20. The molecule has 0 aliphatic carbocycles. The molecule has 5 aromatic heterocycles. The molecule has 426 valence electrons. The molecule has 0 unspecified atom stereocenters. The maximum atomic E-state index is 15.4. The summed E-state index contributed by atoms with van der Waals surface area (Å²) in [5.74, 6) is 1.95. The second-order valence-electron chi connectivity index (χ2n) is 20.4. The quantitative estimate of drug-likeness (QED) is 0.0527. The van der Waals surface area contributed by atoms with Gasteiger partial charge < -0.3 is 54.2 Å². The van der Waals surface area contributed by atoms with Gasteiger partial charge in [0, 0.05) is 151 Å². The number of carbonyl (C=O) groups is 1. The molecule has 20 nitrogen and oxygen atoms in total. The highest BCUT2D eigenvalue weighted by atomic mass is 19.1. The number of ether oxygens (including phenoxy) is 4. The number of likely N-dealkylation sites (N-methyl/N-ethyl adjacent to an activating group) is 2. The Morgan fingerprint density at radius 1 is 0.646 bits per heavy atom. The minimum Gasteiger partial charge on any atom is -0.486 e. The molecule has 82 heavy (non-hydrogen) atoms. The zero-order valence-electron chi connectivity index (χ0n) is 47.3. The number of amides is 1. The second kappa shape index (κ2) is 26.8. The predicted octanol–water partition coefficient (Wildman–Crippen LogP) is 8.87. The number of aromatic amines is 2. The summed E-state index contributed by atoms with van der Waals surface area (Å²) < 4.78 is 38.0. The SMILES string of the molecule is CCN1CCN(Cc2ccc(Nc3nc(OCCOC)c4c(-c5ccc(OCc6ncccn6)cc5F)c[nH]c4n3)cc2)CC1.COc1nc(Nc2ccc(CN3CCN(C)CC3)cc2)nc2[nH]cc(-c3cccc(C(=O)N(C)C)c3)c12. The van der Waals surface area contributed by atoms with Gasteiger partial charge >= 0.3 is 0 Å². The molecule has 0 atom stereocenters. The highest BCUT2D eigenvalue weighted by Gasteiger charge is 2.22. The number of hydrogen-bond acceptors (Lipinski definition) is 17. The number of nitrogens with one attached hydrogen (secondary N) is 4. The lowest BCUT2D eigenvalue weighted by molar-refractivity contribution is 0.0827. The number of carbonyl (C=O) groups excluding carboxylic acids is 1. The maximum Gasteiger partial charge on any atom is 0.253 e. The van der Waals surface area contributed by atoms with Crippen LogP contribution < -0.4 is 24.8 Å². The lowest BCUT2D eigenvalue weighted by atomic mass is 10.0. The zero-order chi connectivity index (χ0) is 57.0. The van der Waals surface area contributed by atoms with Gasteiger partial charge in [-0.05, 0) is 84.9 Å². The Kier molecular flexibility index (Phi) is 18.5. The summed E-state index contributed by atoms with van der Waals surface area (Å²) >= 11 is 0. The van der Waals surface area contributed by atoms with Crippen LogP contribution in [0.5, 0.6) is 17.5 Å². The van der Waals surface area contributed by atoms with Crippen molar-refractivity contribution >= 4 is 51.2 Å². The number of aromatic nitrogens is 8. The Labute approximate surface area is 476 Å². The minimum atomic E-state index is -0.459. The Bertz CT molecular complexity index is 3550. The Morgan fingerprint density at radius 3 is 1.82 bits per heavy atom. The number of piperazine rings is 2. The van der Waals surface area contributed by atoms with Crippen LogP contribution >= 0.6 is 0 Å². The summed E-state index contributed by atoms with van der Waals surface area (Å²) in [7, 11) is 8.86. The van der Waals surface area contributed by atoms with Gasteiger partial charge in [-0.25, -0.2) is 14.4 Å². The maximum absolute atomic E-state index is 15.4. The summed E-state index contributed by atoms with van der Waals surface area (Å²) in [5, 5.41) is 7.93. The van der Waals surface area contributed by atoms with Crippen molar-refractivity contribution in [3.8, 4) is 39.8 Å². The standard InChI is InChI=1S/C33H37FN8O3.C28H33N7O2/c1-3-41-13-15-42(16-14-41)21-23-5-7-24(8-6-23)38-33-39-31-30(32(40-33)44-18-17-43-2)27(20-37-31)26-10-9-25(19-28(26)34)45-22-29-35-11-4-12-36-29;1-33(2)27(36)21-7-5-6-20(16-21)23-17-29-25-24(23)26(37-4)32-28(31-25)30-22-10-8-19(9-11-22)18-35-14-12-34(3)13-15-35/h4-12,19-20H,3,13-18,21-22H2,1-2H3,(H2,37,38,39,40);5-11,16-17H,12-15,18H2,1-4H3,(H2,29,30,31,32). The number of fused-ring (bicyclic) bond motifs is 2. The van der Waals surface area contributed by atoms with Gasteiger partial charge in [-0.15, -0.1) is 0 Å². The normalized spacial score (nSPS) is 14.3. The summed E-state index contributed by atoms with van der Waals surface area (Å²) in [6.45, 7) is 14.8. The second-order valence-corrected chi connectivity index (χ2v) is 20.4. The van der Waals surface area contributed by atoms with Crippen LogP contribution in [0.4, 0.5) is 27.7 Å². The molecule has 2 aliphatic rings. The number of H-pyrrole nitrogens is 2.